The Bertz CT molecular complexity index is 90.5. The van der Waals surface area contributed by atoms with Crippen LogP contribution in [0.4, 0.5) is 4.39 Å². The highest BCUT2D eigenvalue weighted by Gasteiger charge is 2.35. The van der Waals surface area contributed by atoms with Crippen LogP contribution in [0.25, 0.3) is 0 Å². The maximum Gasteiger partial charge on any atom is 0.126 e. The molecule has 1 aliphatic rings. The summed E-state index contributed by atoms with van der Waals surface area (Å²) in [5.41, 5.74) is 0. The molecule has 0 aromatic rings. The van der Waals surface area contributed by atoms with Gasteiger partial charge >= 0.3 is 0 Å². The molecule has 1 aliphatic carbocycles. The van der Waals surface area contributed by atoms with Crippen molar-refractivity contribution >= 4 is 9.24 Å². The van der Waals surface area contributed by atoms with Crippen molar-refractivity contribution < 1.29 is 4.39 Å². The topological polar surface area (TPSA) is 0 Å². The van der Waals surface area contributed by atoms with Crippen molar-refractivity contribution in [2.75, 3.05) is 0 Å². The summed E-state index contributed by atoms with van der Waals surface area (Å²) in [6.45, 7) is 1.97. The van der Waals surface area contributed by atoms with Crippen LogP contribution in [-0.2, 0) is 0 Å². The first-order chi connectivity index (χ1) is 3.63. The van der Waals surface area contributed by atoms with E-state index in [0.29, 0.717) is 0 Å². The van der Waals surface area contributed by atoms with E-state index in [1.165, 1.54) is 0 Å². The van der Waals surface area contributed by atoms with E-state index in [9.17, 15) is 4.39 Å². The van der Waals surface area contributed by atoms with Gasteiger partial charge in [0.2, 0.25) is 0 Å². The quantitative estimate of drug-likeness (QED) is 0.446. The van der Waals surface area contributed by atoms with Gasteiger partial charge in [-0.2, -0.15) is 0 Å². The zero-order valence-corrected chi connectivity index (χ0v) is 6.31. The third kappa shape index (κ3) is 1.02. The Balaban J connectivity index is 2.54. The number of hydrogen-bond donors (Lipinski definition) is 0. The highest BCUT2D eigenvalue weighted by molar-refractivity contribution is 7.18. The summed E-state index contributed by atoms with van der Waals surface area (Å²) in [4.78, 5) is 0. The Hall–Kier alpha value is 0.360. The molecule has 0 aliphatic heterocycles. The van der Waals surface area contributed by atoms with E-state index in [4.69, 9.17) is 0 Å². The molecule has 0 nitrogen and oxygen atoms in total. The predicted molar refractivity (Wildman–Crippen MR) is 36.6 cm³/mol. The van der Waals surface area contributed by atoms with Crippen molar-refractivity contribution in [1.82, 2.24) is 0 Å². The number of hydrogen-bond acceptors (Lipinski definition) is 0. The number of halogens is 1. The summed E-state index contributed by atoms with van der Waals surface area (Å²) in [6.07, 6.45) is 2.85. The van der Waals surface area contributed by atoms with E-state index in [1.54, 1.807) is 0 Å². The summed E-state index contributed by atoms with van der Waals surface area (Å²) < 4.78 is 13.0. The second-order valence-electron chi connectivity index (χ2n) is 2.72. The van der Waals surface area contributed by atoms with Gasteiger partial charge in [-0.15, -0.1) is 0 Å². The molecule has 0 bridgehead atoms. The highest BCUT2D eigenvalue weighted by Crippen LogP contribution is 2.43. The van der Waals surface area contributed by atoms with Crippen molar-refractivity contribution in [3.63, 3.8) is 0 Å². The van der Waals surface area contributed by atoms with Crippen molar-refractivity contribution in [3.05, 3.63) is 0 Å². The molecule has 2 heteroatoms. The van der Waals surface area contributed by atoms with E-state index in [-0.39, 0.29) is 5.92 Å². The lowest BCUT2D eigenvalue weighted by Crippen LogP contribution is -2.15. The first-order valence-electron chi connectivity index (χ1n) is 3.11. The predicted octanol–water partition coefficient (Wildman–Crippen LogP) is 2.35. The molecular formula is C6H12FP. The van der Waals surface area contributed by atoms with E-state index in [1.807, 2.05) is 6.92 Å². The minimum absolute atomic E-state index is 0.257. The lowest BCUT2D eigenvalue weighted by atomic mass is 10.1. The zero-order chi connectivity index (χ0) is 6.20. The lowest BCUT2D eigenvalue weighted by Gasteiger charge is -2.17. The van der Waals surface area contributed by atoms with Gasteiger partial charge in [-0.05, 0) is 25.2 Å². The van der Waals surface area contributed by atoms with Crippen LogP contribution in [-0.4, -0.2) is 5.41 Å². The van der Waals surface area contributed by atoms with E-state index >= 15 is 0 Å². The molecule has 0 aromatic heterocycles. The van der Waals surface area contributed by atoms with Gasteiger partial charge in [0, 0.05) is 0 Å². The Kier molecular flexibility index (Phi) is 1.58. The Morgan fingerprint density at radius 1 is 1.75 bits per heavy atom. The molecule has 48 valence electrons. The second kappa shape index (κ2) is 1.95. The SMILES string of the molecule is CC1CCCC1(F)P. The smallest absolute Gasteiger partial charge is 0.126 e. The van der Waals surface area contributed by atoms with Gasteiger partial charge in [0.05, 0.1) is 0 Å². The summed E-state index contributed by atoms with van der Waals surface area (Å²) in [7, 11) is 2.30. The van der Waals surface area contributed by atoms with Gasteiger partial charge in [-0.25, -0.2) is 4.39 Å². The Morgan fingerprint density at radius 3 is 2.50 bits per heavy atom. The fourth-order valence-corrected chi connectivity index (χ4v) is 1.54. The van der Waals surface area contributed by atoms with Crippen LogP contribution < -0.4 is 0 Å². The first kappa shape index (κ1) is 6.48. The van der Waals surface area contributed by atoms with Crippen LogP contribution >= 0.6 is 9.24 Å². The molecule has 0 heterocycles. The van der Waals surface area contributed by atoms with Gasteiger partial charge in [0.15, 0.2) is 0 Å². The number of rotatable bonds is 0. The van der Waals surface area contributed by atoms with Crippen LogP contribution in [0.15, 0.2) is 0 Å². The molecule has 0 amide bonds. The summed E-state index contributed by atoms with van der Waals surface area (Å²) >= 11 is 0. The standard InChI is InChI=1S/C6H12FP/c1-5-3-2-4-6(5,7)8/h5H,2-4,8H2,1H3. The maximum atomic E-state index is 13.0. The molecule has 0 radical (unpaired) electrons. The normalized spacial score (nSPS) is 47.6. The molecule has 0 saturated heterocycles. The fraction of sp³-hybridized carbons (Fsp3) is 1.00. The molecular weight excluding hydrogens is 122 g/mol. The lowest BCUT2D eigenvalue weighted by molar-refractivity contribution is 0.233. The molecule has 1 fully saturated rings. The minimum atomic E-state index is -0.931. The van der Waals surface area contributed by atoms with Crippen molar-refractivity contribution in [3.8, 4) is 0 Å². The van der Waals surface area contributed by atoms with Gasteiger partial charge in [-0.3, -0.25) is 0 Å². The van der Waals surface area contributed by atoms with Crippen molar-refractivity contribution in [2.24, 2.45) is 5.92 Å². The number of alkyl halides is 1. The Labute approximate surface area is 52.1 Å². The summed E-state index contributed by atoms with van der Waals surface area (Å²) in [5, 5.41) is -0.931. The first-order valence-corrected chi connectivity index (χ1v) is 3.68. The highest BCUT2D eigenvalue weighted by atomic mass is 31.0. The molecule has 8 heavy (non-hydrogen) atoms. The monoisotopic (exact) mass is 134 g/mol. The van der Waals surface area contributed by atoms with Gasteiger partial charge in [0.1, 0.15) is 5.41 Å². The van der Waals surface area contributed by atoms with E-state index in [0.717, 1.165) is 19.3 Å². The van der Waals surface area contributed by atoms with Crippen molar-refractivity contribution in [1.29, 1.82) is 0 Å². The van der Waals surface area contributed by atoms with Gasteiger partial charge < -0.3 is 0 Å². The van der Waals surface area contributed by atoms with E-state index in [2.05, 4.69) is 9.24 Å². The molecule has 0 aromatic carbocycles. The van der Waals surface area contributed by atoms with Crippen LogP contribution in [0.3, 0.4) is 0 Å². The largest absolute Gasteiger partial charge is 0.239 e. The Morgan fingerprint density at radius 2 is 2.38 bits per heavy atom. The summed E-state index contributed by atoms with van der Waals surface area (Å²) in [6, 6.07) is 0. The van der Waals surface area contributed by atoms with Crippen LogP contribution in [0.2, 0.25) is 0 Å². The van der Waals surface area contributed by atoms with Crippen LogP contribution in [0.5, 0.6) is 0 Å². The zero-order valence-electron chi connectivity index (χ0n) is 5.15. The van der Waals surface area contributed by atoms with E-state index < -0.39 is 5.41 Å². The molecule has 3 unspecified atom stereocenters. The molecule has 3 atom stereocenters. The molecule has 1 saturated carbocycles. The maximum absolute atomic E-state index is 13.0. The van der Waals surface area contributed by atoms with Gasteiger partial charge in [0.25, 0.3) is 0 Å². The van der Waals surface area contributed by atoms with Crippen LogP contribution in [0, 0.1) is 5.92 Å². The molecule has 0 N–H and O–H groups in total. The van der Waals surface area contributed by atoms with Gasteiger partial charge in [-0.1, -0.05) is 16.2 Å². The third-order valence-electron chi connectivity index (χ3n) is 2.02. The minimum Gasteiger partial charge on any atom is -0.239 e. The fourth-order valence-electron chi connectivity index (χ4n) is 1.17. The summed E-state index contributed by atoms with van der Waals surface area (Å²) in [5.74, 6) is 0.257. The van der Waals surface area contributed by atoms with Crippen LogP contribution in [0.1, 0.15) is 26.2 Å². The molecule has 0 spiro atoms. The average Bonchev–Trinajstić information content (AvgIpc) is 1.86. The molecule has 1 rings (SSSR count). The van der Waals surface area contributed by atoms with Crippen molar-refractivity contribution in [2.45, 2.75) is 31.6 Å². The third-order valence-corrected chi connectivity index (χ3v) is 2.87. The second-order valence-corrected chi connectivity index (χ2v) is 3.68. The average molecular weight is 134 g/mol.